The molecule has 1 amide bonds. The molecule has 0 radical (unpaired) electrons. The first-order valence-corrected chi connectivity index (χ1v) is 9.31. The summed E-state index contributed by atoms with van der Waals surface area (Å²) >= 11 is 1.18. The number of alkyl halides is 3. The number of aromatic nitrogens is 2. The number of hydrogen-bond acceptors (Lipinski definition) is 3. The van der Waals surface area contributed by atoms with E-state index in [1.807, 2.05) is 20.8 Å². The van der Waals surface area contributed by atoms with E-state index in [1.54, 1.807) is 4.68 Å². The predicted molar refractivity (Wildman–Crippen MR) is 92.8 cm³/mol. The Labute approximate surface area is 157 Å². The largest absolute Gasteiger partial charge is 0.417 e. The van der Waals surface area contributed by atoms with Crippen molar-refractivity contribution in [1.29, 1.82) is 0 Å². The van der Waals surface area contributed by atoms with Gasteiger partial charge in [0.25, 0.3) is 5.91 Å². The number of halogens is 4. The molecule has 1 aromatic carbocycles. The minimum Gasteiger partial charge on any atom is -0.267 e. The Kier molecular flexibility index (Phi) is 5.00. The first kappa shape index (κ1) is 19.7. The second kappa shape index (κ2) is 6.85. The topological polar surface area (TPSA) is 47.2 Å². The molecule has 2 aromatic rings. The van der Waals surface area contributed by atoms with Gasteiger partial charge in [-0.3, -0.25) is 4.79 Å². The van der Waals surface area contributed by atoms with Gasteiger partial charge in [-0.2, -0.15) is 23.3 Å². The van der Waals surface area contributed by atoms with Gasteiger partial charge in [0, 0.05) is 12.0 Å². The van der Waals surface area contributed by atoms with Gasteiger partial charge in [-0.25, -0.2) is 9.07 Å². The molecule has 0 bridgehead atoms. The van der Waals surface area contributed by atoms with Crippen LogP contribution < -0.4 is 4.80 Å². The highest BCUT2D eigenvalue weighted by molar-refractivity contribution is 7.09. The molecule has 1 heterocycles. The maximum Gasteiger partial charge on any atom is 0.417 e. The molecule has 1 fully saturated rings. The SMILES string of the molecule is CC(C)(C)c1nn(CC2CC2)c(=NC(=O)c2ccc(F)cc2C(F)(F)F)s1. The molecule has 9 heteroatoms. The summed E-state index contributed by atoms with van der Waals surface area (Å²) in [7, 11) is 0. The first-order valence-electron chi connectivity index (χ1n) is 8.49. The summed E-state index contributed by atoms with van der Waals surface area (Å²) in [5.41, 5.74) is -2.28. The number of nitrogens with zero attached hydrogens (tertiary/aromatic N) is 3. The van der Waals surface area contributed by atoms with E-state index in [0.717, 1.165) is 30.0 Å². The molecule has 3 rings (SSSR count). The number of carbonyl (C=O) groups is 1. The molecule has 0 saturated heterocycles. The van der Waals surface area contributed by atoms with Gasteiger partial charge in [-0.1, -0.05) is 32.1 Å². The minimum atomic E-state index is -4.85. The van der Waals surface area contributed by atoms with Gasteiger partial charge in [0.2, 0.25) is 4.80 Å². The van der Waals surface area contributed by atoms with E-state index >= 15 is 0 Å². The number of rotatable bonds is 3. The van der Waals surface area contributed by atoms with Crippen LogP contribution in [0.3, 0.4) is 0 Å². The maximum atomic E-state index is 13.3. The number of benzene rings is 1. The van der Waals surface area contributed by atoms with E-state index < -0.39 is 29.0 Å². The van der Waals surface area contributed by atoms with Crippen molar-refractivity contribution in [3.8, 4) is 0 Å². The Hall–Kier alpha value is -2.03. The molecule has 0 aliphatic heterocycles. The lowest BCUT2D eigenvalue weighted by molar-refractivity contribution is -0.138. The van der Waals surface area contributed by atoms with Crippen LogP contribution >= 0.6 is 11.3 Å². The van der Waals surface area contributed by atoms with Crippen LogP contribution in [0.25, 0.3) is 0 Å². The molecule has 0 N–H and O–H groups in total. The van der Waals surface area contributed by atoms with Crippen LogP contribution in [0.4, 0.5) is 17.6 Å². The van der Waals surface area contributed by atoms with Crippen LogP contribution in [-0.4, -0.2) is 15.7 Å². The average Bonchev–Trinajstić information content (AvgIpc) is 3.25. The van der Waals surface area contributed by atoms with E-state index in [4.69, 9.17) is 0 Å². The Morgan fingerprint density at radius 2 is 1.96 bits per heavy atom. The monoisotopic (exact) mass is 401 g/mol. The van der Waals surface area contributed by atoms with Gasteiger partial charge in [-0.15, -0.1) is 0 Å². The van der Waals surface area contributed by atoms with E-state index in [9.17, 15) is 22.4 Å². The first-order chi connectivity index (χ1) is 12.4. The maximum absolute atomic E-state index is 13.3. The van der Waals surface area contributed by atoms with Crippen molar-refractivity contribution in [1.82, 2.24) is 9.78 Å². The molecule has 0 unspecified atom stereocenters. The Bertz CT molecular complexity index is 933. The Balaban J connectivity index is 2.06. The lowest BCUT2D eigenvalue weighted by atomic mass is 9.98. The van der Waals surface area contributed by atoms with Crippen molar-refractivity contribution in [2.75, 3.05) is 0 Å². The lowest BCUT2D eigenvalue weighted by Gasteiger charge is -2.12. The summed E-state index contributed by atoms with van der Waals surface area (Å²) in [6, 6.07) is 1.96. The van der Waals surface area contributed by atoms with E-state index in [2.05, 4.69) is 10.1 Å². The van der Waals surface area contributed by atoms with Gasteiger partial charge < -0.3 is 0 Å². The molecule has 146 valence electrons. The standard InChI is InChI=1S/C18H19F4N3OS/c1-17(2,3)15-24-25(9-10-4-5-10)16(27-15)23-14(26)12-7-6-11(19)8-13(12)18(20,21)22/h6-8,10H,4-5,9H2,1-3H3. The van der Waals surface area contributed by atoms with Crippen molar-refractivity contribution in [2.45, 2.75) is 51.7 Å². The fourth-order valence-corrected chi connectivity index (χ4v) is 3.41. The zero-order valence-corrected chi connectivity index (χ0v) is 15.9. The molecular formula is C18H19F4N3OS. The fourth-order valence-electron chi connectivity index (χ4n) is 2.44. The summed E-state index contributed by atoms with van der Waals surface area (Å²) in [4.78, 5) is 16.6. The summed E-state index contributed by atoms with van der Waals surface area (Å²) in [6.07, 6.45) is -2.74. The third-order valence-electron chi connectivity index (χ3n) is 4.10. The molecule has 1 aliphatic rings. The molecule has 27 heavy (non-hydrogen) atoms. The van der Waals surface area contributed by atoms with Gasteiger partial charge in [-0.05, 0) is 37.0 Å². The zero-order valence-electron chi connectivity index (χ0n) is 15.1. The molecule has 0 spiro atoms. The molecule has 4 nitrogen and oxygen atoms in total. The van der Waals surface area contributed by atoms with E-state index in [1.165, 1.54) is 11.3 Å². The third-order valence-corrected chi connectivity index (χ3v) is 5.48. The molecule has 1 aliphatic carbocycles. The van der Waals surface area contributed by atoms with Crippen LogP contribution in [0.5, 0.6) is 0 Å². The van der Waals surface area contributed by atoms with Crippen LogP contribution in [0.1, 0.15) is 54.5 Å². The third kappa shape index (κ3) is 4.63. The second-order valence-electron chi connectivity index (χ2n) is 7.67. The van der Waals surface area contributed by atoms with Crippen LogP contribution in [0.15, 0.2) is 23.2 Å². The molecule has 0 atom stereocenters. The summed E-state index contributed by atoms with van der Waals surface area (Å²) < 4.78 is 54.4. The predicted octanol–water partition coefficient (Wildman–Crippen LogP) is 4.55. The van der Waals surface area contributed by atoms with Crippen LogP contribution in [0.2, 0.25) is 0 Å². The van der Waals surface area contributed by atoms with Gasteiger partial charge in [0.05, 0.1) is 11.1 Å². The number of amides is 1. The smallest absolute Gasteiger partial charge is 0.267 e. The highest BCUT2D eigenvalue weighted by Gasteiger charge is 2.36. The minimum absolute atomic E-state index is 0.259. The van der Waals surface area contributed by atoms with Crippen LogP contribution in [-0.2, 0) is 18.1 Å². The Morgan fingerprint density at radius 3 is 2.52 bits per heavy atom. The number of carbonyl (C=O) groups excluding carboxylic acids is 1. The van der Waals surface area contributed by atoms with Crippen molar-refractivity contribution >= 4 is 17.2 Å². The van der Waals surface area contributed by atoms with Crippen molar-refractivity contribution in [3.05, 3.63) is 45.0 Å². The lowest BCUT2D eigenvalue weighted by Crippen LogP contribution is -2.21. The zero-order chi connectivity index (χ0) is 20.0. The molecule has 1 saturated carbocycles. The van der Waals surface area contributed by atoms with E-state index in [0.29, 0.717) is 18.5 Å². The van der Waals surface area contributed by atoms with Gasteiger partial charge in [0.1, 0.15) is 10.8 Å². The summed E-state index contributed by atoms with van der Waals surface area (Å²) in [6.45, 7) is 6.45. The Morgan fingerprint density at radius 1 is 1.30 bits per heavy atom. The highest BCUT2D eigenvalue weighted by Crippen LogP contribution is 2.33. The average molecular weight is 401 g/mol. The fraction of sp³-hybridized carbons (Fsp3) is 0.500. The second-order valence-corrected chi connectivity index (χ2v) is 8.63. The number of hydrogen-bond donors (Lipinski definition) is 0. The summed E-state index contributed by atoms with van der Waals surface area (Å²) in [5, 5.41) is 5.24. The van der Waals surface area contributed by atoms with E-state index in [-0.39, 0.29) is 10.2 Å². The molecular weight excluding hydrogens is 382 g/mol. The normalized spacial score (nSPS) is 16.0. The van der Waals surface area contributed by atoms with Crippen molar-refractivity contribution in [2.24, 2.45) is 10.9 Å². The summed E-state index contributed by atoms with van der Waals surface area (Å²) in [5.74, 6) is -1.67. The van der Waals surface area contributed by atoms with Gasteiger partial charge >= 0.3 is 6.18 Å². The van der Waals surface area contributed by atoms with Crippen LogP contribution in [0, 0.1) is 11.7 Å². The quantitative estimate of drug-likeness (QED) is 0.709. The highest BCUT2D eigenvalue weighted by atomic mass is 32.1. The molecule has 1 aromatic heterocycles. The van der Waals surface area contributed by atoms with Gasteiger partial charge in [0.15, 0.2) is 0 Å². The van der Waals surface area contributed by atoms with Crippen molar-refractivity contribution < 1.29 is 22.4 Å². The van der Waals surface area contributed by atoms with Crippen molar-refractivity contribution in [3.63, 3.8) is 0 Å².